The van der Waals surface area contributed by atoms with E-state index in [1.54, 1.807) is 13.2 Å². The van der Waals surface area contributed by atoms with Gasteiger partial charge in [0.05, 0.1) is 7.11 Å². The molecule has 0 spiro atoms. The Labute approximate surface area is 77.0 Å². The number of hydrogen-bond donors (Lipinski definition) is 1. The van der Waals surface area contributed by atoms with E-state index in [0.29, 0.717) is 5.75 Å². The van der Waals surface area contributed by atoms with Crippen LogP contribution in [-0.4, -0.2) is 24.6 Å². The van der Waals surface area contributed by atoms with E-state index in [1.165, 1.54) is 0 Å². The Balaban J connectivity index is 2.81. The maximum Gasteiger partial charge on any atom is 0.162 e. The SMILES string of the molecule is COc1ccccc1CC(=O)CO. The van der Waals surface area contributed by atoms with E-state index < -0.39 is 6.61 Å². The van der Waals surface area contributed by atoms with Gasteiger partial charge in [0, 0.05) is 12.0 Å². The number of ketones is 1. The lowest BCUT2D eigenvalue weighted by molar-refractivity contribution is -0.121. The van der Waals surface area contributed by atoms with E-state index in [1.807, 2.05) is 18.2 Å². The topological polar surface area (TPSA) is 46.5 Å². The van der Waals surface area contributed by atoms with Crippen molar-refractivity contribution in [2.75, 3.05) is 13.7 Å². The molecule has 0 amide bonds. The molecule has 0 atom stereocenters. The van der Waals surface area contributed by atoms with Crippen LogP contribution in [0.1, 0.15) is 5.56 Å². The second-order valence-electron chi connectivity index (χ2n) is 2.69. The van der Waals surface area contributed by atoms with Gasteiger partial charge in [-0.15, -0.1) is 0 Å². The molecule has 0 saturated carbocycles. The molecule has 0 aliphatic rings. The molecule has 0 heterocycles. The molecule has 0 unspecified atom stereocenters. The highest BCUT2D eigenvalue weighted by atomic mass is 16.5. The van der Waals surface area contributed by atoms with Crippen LogP contribution < -0.4 is 4.74 Å². The van der Waals surface area contributed by atoms with Gasteiger partial charge < -0.3 is 9.84 Å². The molecular formula is C10H12O3. The third-order valence-electron chi connectivity index (χ3n) is 1.76. The number of benzene rings is 1. The number of ether oxygens (including phenoxy) is 1. The quantitative estimate of drug-likeness (QED) is 0.745. The summed E-state index contributed by atoms with van der Waals surface area (Å²) in [5, 5.41) is 8.57. The number of para-hydroxylation sites is 1. The zero-order valence-corrected chi connectivity index (χ0v) is 7.49. The van der Waals surface area contributed by atoms with Gasteiger partial charge in [-0.1, -0.05) is 18.2 Å². The number of carbonyl (C=O) groups is 1. The Kier molecular flexibility index (Phi) is 3.46. The summed E-state index contributed by atoms with van der Waals surface area (Å²) in [5.41, 5.74) is 0.809. The lowest BCUT2D eigenvalue weighted by Gasteiger charge is -2.05. The predicted molar refractivity (Wildman–Crippen MR) is 48.8 cm³/mol. The van der Waals surface area contributed by atoms with Crippen LogP contribution in [0.4, 0.5) is 0 Å². The Morgan fingerprint density at radius 3 is 2.77 bits per heavy atom. The summed E-state index contributed by atoms with van der Waals surface area (Å²) < 4.78 is 5.06. The number of aliphatic hydroxyl groups is 1. The first kappa shape index (κ1) is 9.74. The van der Waals surface area contributed by atoms with E-state index in [9.17, 15) is 4.79 Å². The minimum absolute atomic E-state index is 0.204. The fraction of sp³-hybridized carbons (Fsp3) is 0.300. The minimum Gasteiger partial charge on any atom is -0.496 e. The van der Waals surface area contributed by atoms with Crippen molar-refractivity contribution in [2.24, 2.45) is 0 Å². The number of hydrogen-bond acceptors (Lipinski definition) is 3. The number of aliphatic hydroxyl groups excluding tert-OH is 1. The maximum absolute atomic E-state index is 10.9. The molecule has 1 aromatic carbocycles. The monoisotopic (exact) mass is 180 g/mol. The van der Waals surface area contributed by atoms with Crippen LogP contribution in [0.5, 0.6) is 5.75 Å². The van der Waals surface area contributed by atoms with Crippen molar-refractivity contribution in [2.45, 2.75) is 6.42 Å². The average Bonchev–Trinajstić information content (AvgIpc) is 2.18. The number of carbonyl (C=O) groups excluding carboxylic acids is 1. The van der Waals surface area contributed by atoms with Gasteiger partial charge in [0.1, 0.15) is 12.4 Å². The zero-order chi connectivity index (χ0) is 9.68. The van der Waals surface area contributed by atoms with Gasteiger partial charge in [-0.05, 0) is 6.07 Å². The number of rotatable bonds is 4. The highest BCUT2D eigenvalue weighted by Gasteiger charge is 2.06. The fourth-order valence-corrected chi connectivity index (χ4v) is 1.12. The molecule has 0 fully saturated rings. The summed E-state index contributed by atoms with van der Waals surface area (Å²) in [4.78, 5) is 10.9. The smallest absolute Gasteiger partial charge is 0.162 e. The van der Waals surface area contributed by atoms with Crippen molar-refractivity contribution < 1.29 is 14.6 Å². The van der Waals surface area contributed by atoms with Gasteiger partial charge in [0.2, 0.25) is 0 Å². The first-order valence-electron chi connectivity index (χ1n) is 4.02. The molecule has 3 heteroatoms. The molecule has 0 saturated heterocycles. The Bertz CT molecular complexity index is 294. The molecule has 0 radical (unpaired) electrons. The van der Waals surface area contributed by atoms with Gasteiger partial charge in [0.25, 0.3) is 0 Å². The Morgan fingerprint density at radius 2 is 2.15 bits per heavy atom. The molecule has 1 N–H and O–H groups in total. The molecule has 70 valence electrons. The highest BCUT2D eigenvalue weighted by Crippen LogP contribution is 2.17. The molecule has 1 rings (SSSR count). The van der Waals surface area contributed by atoms with Crippen molar-refractivity contribution in [3.05, 3.63) is 29.8 Å². The number of Topliss-reactive ketones (excluding diaryl/α,β-unsaturated/α-hetero) is 1. The second-order valence-corrected chi connectivity index (χ2v) is 2.69. The van der Waals surface area contributed by atoms with Crippen molar-refractivity contribution in [3.63, 3.8) is 0 Å². The molecule has 0 bridgehead atoms. The van der Waals surface area contributed by atoms with Crippen LogP contribution in [0.3, 0.4) is 0 Å². The summed E-state index contributed by atoms with van der Waals surface area (Å²) in [6, 6.07) is 7.28. The summed E-state index contributed by atoms with van der Waals surface area (Å²) in [7, 11) is 1.56. The van der Waals surface area contributed by atoms with E-state index in [-0.39, 0.29) is 12.2 Å². The normalized spacial score (nSPS) is 9.69. The van der Waals surface area contributed by atoms with E-state index in [0.717, 1.165) is 5.56 Å². The molecule has 0 aromatic heterocycles. The first-order valence-corrected chi connectivity index (χ1v) is 4.02. The Hall–Kier alpha value is -1.35. The van der Waals surface area contributed by atoms with Crippen LogP contribution in [0.2, 0.25) is 0 Å². The van der Waals surface area contributed by atoms with Crippen molar-refractivity contribution in [3.8, 4) is 5.75 Å². The van der Waals surface area contributed by atoms with Crippen molar-refractivity contribution >= 4 is 5.78 Å². The zero-order valence-electron chi connectivity index (χ0n) is 7.49. The maximum atomic E-state index is 10.9. The lowest BCUT2D eigenvalue weighted by atomic mass is 10.1. The minimum atomic E-state index is -0.419. The van der Waals surface area contributed by atoms with Crippen LogP contribution in [0, 0.1) is 0 Å². The highest BCUT2D eigenvalue weighted by molar-refractivity contribution is 5.82. The Morgan fingerprint density at radius 1 is 1.46 bits per heavy atom. The van der Waals surface area contributed by atoms with Gasteiger partial charge in [-0.25, -0.2) is 0 Å². The largest absolute Gasteiger partial charge is 0.496 e. The van der Waals surface area contributed by atoms with Crippen molar-refractivity contribution in [1.82, 2.24) is 0 Å². The van der Waals surface area contributed by atoms with Crippen molar-refractivity contribution in [1.29, 1.82) is 0 Å². The summed E-state index contributed by atoms with van der Waals surface area (Å²) in [6.07, 6.45) is 0.223. The average molecular weight is 180 g/mol. The predicted octanol–water partition coefficient (Wildman–Crippen LogP) is 0.799. The fourth-order valence-electron chi connectivity index (χ4n) is 1.12. The lowest BCUT2D eigenvalue weighted by Crippen LogP contribution is -2.08. The number of methoxy groups -OCH3 is 1. The molecule has 0 aliphatic carbocycles. The summed E-state index contributed by atoms with van der Waals surface area (Å²) >= 11 is 0. The second kappa shape index (κ2) is 4.62. The van der Waals surface area contributed by atoms with E-state index in [2.05, 4.69) is 0 Å². The molecule has 3 nitrogen and oxygen atoms in total. The van der Waals surface area contributed by atoms with Crippen LogP contribution in [0.25, 0.3) is 0 Å². The molecule has 13 heavy (non-hydrogen) atoms. The van der Waals surface area contributed by atoms with E-state index >= 15 is 0 Å². The third kappa shape index (κ3) is 2.56. The van der Waals surface area contributed by atoms with E-state index in [4.69, 9.17) is 9.84 Å². The van der Waals surface area contributed by atoms with Gasteiger partial charge in [-0.3, -0.25) is 4.79 Å². The van der Waals surface area contributed by atoms with Crippen LogP contribution in [0.15, 0.2) is 24.3 Å². The first-order chi connectivity index (χ1) is 6.27. The standard InChI is InChI=1S/C10H12O3/c1-13-10-5-3-2-4-8(10)6-9(12)7-11/h2-5,11H,6-7H2,1H3. The van der Waals surface area contributed by atoms with Gasteiger partial charge in [0.15, 0.2) is 5.78 Å². The third-order valence-corrected chi connectivity index (χ3v) is 1.76. The van der Waals surface area contributed by atoms with Gasteiger partial charge in [-0.2, -0.15) is 0 Å². The van der Waals surface area contributed by atoms with Gasteiger partial charge >= 0.3 is 0 Å². The molecule has 0 aliphatic heterocycles. The summed E-state index contributed by atoms with van der Waals surface area (Å²) in [5.74, 6) is 0.480. The van der Waals surface area contributed by atoms with Crippen LogP contribution >= 0.6 is 0 Å². The molecular weight excluding hydrogens is 168 g/mol. The van der Waals surface area contributed by atoms with Crippen LogP contribution in [-0.2, 0) is 11.2 Å². The summed E-state index contributed by atoms with van der Waals surface area (Å²) in [6.45, 7) is -0.419. The molecule has 1 aromatic rings.